The van der Waals surface area contributed by atoms with Crippen molar-refractivity contribution in [1.29, 1.82) is 0 Å². The topological polar surface area (TPSA) is 52.6 Å². The van der Waals surface area contributed by atoms with Gasteiger partial charge in [-0.1, -0.05) is 13.8 Å². The minimum atomic E-state index is -0.318. The Bertz CT molecular complexity index is 407. The fraction of sp³-hybridized carbons (Fsp3) is 0.889. The van der Waals surface area contributed by atoms with E-state index in [0.29, 0.717) is 19.1 Å². The third-order valence-corrected chi connectivity index (χ3v) is 5.47. The van der Waals surface area contributed by atoms with Crippen molar-refractivity contribution in [2.24, 2.45) is 29.1 Å². The van der Waals surface area contributed by atoms with E-state index in [2.05, 4.69) is 13.8 Å². The third-order valence-electron chi connectivity index (χ3n) is 5.47. The van der Waals surface area contributed by atoms with Crippen molar-refractivity contribution in [2.45, 2.75) is 59.8 Å². The van der Waals surface area contributed by atoms with Crippen LogP contribution < -0.4 is 0 Å². The Kier molecular flexibility index (Phi) is 5.51. The van der Waals surface area contributed by atoms with Crippen LogP contribution in [0, 0.1) is 29.1 Å². The number of esters is 2. The summed E-state index contributed by atoms with van der Waals surface area (Å²) in [5, 5.41) is 0. The zero-order valence-corrected chi connectivity index (χ0v) is 14.4. The molecule has 3 aliphatic rings. The van der Waals surface area contributed by atoms with Crippen molar-refractivity contribution in [3.05, 3.63) is 0 Å². The number of ether oxygens (including phenoxy) is 2. The van der Waals surface area contributed by atoms with Gasteiger partial charge in [-0.15, -0.1) is 0 Å². The second kappa shape index (κ2) is 7.01. The minimum Gasteiger partial charge on any atom is -0.466 e. The molecular weight excluding hydrogens is 280 g/mol. The number of carbonyl (C=O) groups excluding carboxylic acids is 2. The van der Waals surface area contributed by atoms with Crippen LogP contribution in [0.1, 0.15) is 59.8 Å². The number of hydrogen-bond donors (Lipinski definition) is 0. The van der Waals surface area contributed by atoms with Gasteiger partial charge in [0.2, 0.25) is 0 Å². The highest BCUT2D eigenvalue weighted by molar-refractivity contribution is 5.83. The highest BCUT2D eigenvalue weighted by Gasteiger charge is 2.59. The average Bonchev–Trinajstić information content (AvgIpc) is 2.46. The smallest absolute Gasteiger partial charge is 0.310 e. The van der Waals surface area contributed by atoms with Crippen molar-refractivity contribution >= 4 is 11.9 Å². The molecule has 0 N–H and O–H groups in total. The predicted molar refractivity (Wildman–Crippen MR) is 84.1 cm³/mol. The summed E-state index contributed by atoms with van der Waals surface area (Å²) in [6.45, 7) is 8.77. The van der Waals surface area contributed by atoms with E-state index < -0.39 is 0 Å². The van der Waals surface area contributed by atoms with Gasteiger partial charge in [0.15, 0.2) is 0 Å². The Balaban J connectivity index is 2.34. The van der Waals surface area contributed by atoms with Crippen LogP contribution in [0.4, 0.5) is 0 Å². The fourth-order valence-electron chi connectivity index (χ4n) is 4.88. The van der Waals surface area contributed by atoms with Crippen molar-refractivity contribution < 1.29 is 19.1 Å². The van der Waals surface area contributed by atoms with Crippen LogP contribution in [-0.4, -0.2) is 25.2 Å². The molecule has 2 bridgehead atoms. The van der Waals surface area contributed by atoms with E-state index in [1.165, 1.54) is 0 Å². The molecule has 0 amide bonds. The Morgan fingerprint density at radius 3 is 2.09 bits per heavy atom. The van der Waals surface area contributed by atoms with Crippen LogP contribution in [0.3, 0.4) is 0 Å². The molecule has 0 heterocycles. The largest absolute Gasteiger partial charge is 0.466 e. The highest BCUT2D eigenvalue weighted by atomic mass is 16.5. The van der Waals surface area contributed by atoms with Gasteiger partial charge in [0.25, 0.3) is 0 Å². The van der Waals surface area contributed by atoms with Gasteiger partial charge in [0.05, 0.1) is 25.0 Å². The molecular formula is C18H30O4. The summed E-state index contributed by atoms with van der Waals surface area (Å²) < 4.78 is 10.6. The molecule has 3 rings (SSSR count). The van der Waals surface area contributed by atoms with Gasteiger partial charge in [-0.2, -0.15) is 0 Å². The van der Waals surface area contributed by atoms with Crippen molar-refractivity contribution in [3.63, 3.8) is 0 Å². The Morgan fingerprint density at radius 1 is 1.05 bits per heavy atom. The van der Waals surface area contributed by atoms with E-state index in [1.54, 1.807) is 0 Å². The van der Waals surface area contributed by atoms with E-state index in [-0.39, 0.29) is 35.1 Å². The lowest BCUT2D eigenvalue weighted by molar-refractivity contribution is -0.183. The van der Waals surface area contributed by atoms with Crippen LogP contribution in [0.5, 0.6) is 0 Å². The summed E-state index contributed by atoms with van der Waals surface area (Å²) in [7, 11) is 0. The summed E-state index contributed by atoms with van der Waals surface area (Å²) >= 11 is 0. The average molecular weight is 310 g/mol. The summed E-state index contributed by atoms with van der Waals surface area (Å²) in [6.07, 6.45) is 5.13. The van der Waals surface area contributed by atoms with E-state index in [1.807, 2.05) is 13.8 Å². The third kappa shape index (κ3) is 3.16. The van der Waals surface area contributed by atoms with Gasteiger partial charge in [-0.05, 0) is 63.2 Å². The molecule has 4 heteroatoms. The minimum absolute atomic E-state index is 0.0768. The molecule has 0 aliphatic heterocycles. The van der Waals surface area contributed by atoms with E-state index in [4.69, 9.17) is 9.47 Å². The first-order valence-corrected chi connectivity index (χ1v) is 8.78. The predicted octanol–water partition coefficient (Wildman–Crippen LogP) is 3.58. The molecule has 3 fully saturated rings. The van der Waals surface area contributed by atoms with Crippen LogP contribution >= 0.6 is 0 Å². The van der Waals surface area contributed by atoms with Crippen molar-refractivity contribution in [2.75, 3.05) is 13.2 Å². The second-order valence-corrected chi connectivity index (χ2v) is 7.31. The van der Waals surface area contributed by atoms with Crippen LogP contribution in [0.2, 0.25) is 0 Å². The maximum absolute atomic E-state index is 12.7. The lowest BCUT2D eigenvalue weighted by atomic mass is 9.48. The molecule has 3 aliphatic carbocycles. The standard InChI is InChI=1S/C18H30O4/c1-5-21-16(19)14-13-7-9-18(10-8-13,11-12(3)4)15(14)17(20)22-6-2/h12-15H,5-11H2,1-4H3. The van der Waals surface area contributed by atoms with Crippen LogP contribution in [-0.2, 0) is 19.1 Å². The van der Waals surface area contributed by atoms with Gasteiger partial charge in [-0.3, -0.25) is 9.59 Å². The quantitative estimate of drug-likeness (QED) is 0.704. The first-order chi connectivity index (χ1) is 10.4. The van der Waals surface area contributed by atoms with Gasteiger partial charge in [0.1, 0.15) is 0 Å². The zero-order valence-electron chi connectivity index (χ0n) is 14.4. The molecule has 0 aromatic heterocycles. The molecule has 126 valence electrons. The summed E-state index contributed by atoms with van der Waals surface area (Å²) in [5.41, 5.74) is -0.0768. The summed E-state index contributed by atoms with van der Waals surface area (Å²) in [5.74, 6) is -0.220. The van der Waals surface area contributed by atoms with Gasteiger partial charge >= 0.3 is 11.9 Å². The first-order valence-electron chi connectivity index (χ1n) is 8.78. The Morgan fingerprint density at radius 2 is 1.59 bits per heavy atom. The van der Waals surface area contributed by atoms with E-state index in [9.17, 15) is 9.59 Å². The summed E-state index contributed by atoms with van der Waals surface area (Å²) in [4.78, 5) is 25.2. The zero-order chi connectivity index (χ0) is 16.3. The molecule has 0 aromatic rings. The number of rotatable bonds is 6. The Labute approximate surface area is 133 Å². The van der Waals surface area contributed by atoms with E-state index in [0.717, 1.165) is 32.1 Å². The molecule has 3 saturated carbocycles. The number of hydrogen-bond acceptors (Lipinski definition) is 4. The van der Waals surface area contributed by atoms with Crippen LogP contribution in [0.15, 0.2) is 0 Å². The second-order valence-electron chi connectivity index (χ2n) is 7.31. The number of carbonyl (C=O) groups is 2. The molecule has 2 unspecified atom stereocenters. The molecule has 2 atom stereocenters. The van der Waals surface area contributed by atoms with Crippen molar-refractivity contribution in [1.82, 2.24) is 0 Å². The van der Waals surface area contributed by atoms with Gasteiger partial charge in [-0.25, -0.2) is 0 Å². The monoisotopic (exact) mass is 310 g/mol. The lowest BCUT2D eigenvalue weighted by Crippen LogP contribution is -2.55. The maximum atomic E-state index is 12.7. The normalized spacial score (nSPS) is 33.8. The van der Waals surface area contributed by atoms with Crippen LogP contribution in [0.25, 0.3) is 0 Å². The lowest BCUT2D eigenvalue weighted by Gasteiger charge is -2.55. The maximum Gasteiger partial charge on any atom is 0.310 e. The molecule has 0 saturated heterocycles. The van der Waals surface area contributed by atoms with Gasteiger partial charge in [0, 0.05) is 0 Å². The number of fused-ring (bicyclic) bond motifs is 3. The van der Waals surface area contributed by atoms with Gasteiger partial charge < -0.3 is 9.47 Å². The molecule has 0 radical (unpaired) electrons. The Hall–Kier alpha value is -1.06. The summed E-state index contributed by atoms with van der Waals surface area (Å²) in [6, 6.07) is 0. The van der Waals surface area contributed by atoms with Crippen molar-refractivity contribution in [3.8, 4) is 0 Å². The molecule has 22 heavy (non-hydrogen) atoms. The SMILES string of the molecule is CCOC(=O)C1C2CCC(CC(C)C)(CC2)C1C(=O)OCC. The first kappa shape index (κ1) is 17.3. The molecule has 4 nitrogen and oxygen atoms in total. The molecule has 0 spiro atoms. The highest BCUT2D eigenvalue weighted by Crippen LogP contribution is 2.59. The molecule has 0 aromatic carbocycles. The van der Waals surface area contributed by atoms with E-state index >= 15 is 0 Å². The fourth-order valence-corrected chi connectivity index (χ4v) is 4.88.